The van der Waals surface area contributed by atoms with Crippen LogP contribution in [0.4, 0.5) is 11.6 Å². The first-order chi connectivity index (χ1) is 14.7. The fourth-order valence-electron chi connectivity index (χ4n) is 3.29. The van der Waals surface area contributed by atoms with E-state index in [0.717, 1.165) is 0 Å². The highest BCUT2D eigenvalue weighted by molar-refractivity contribution is 6.26. The van der Waals surface area contributed by atoms with Crippen LogP contribution in [-0.2, 0) is 0 Å². The predicted molar refractivity (Wildman–Crippen MR) is 105 cm³/mol. The number of hydrogen-bond acceptors (Lipinski definition) is 8. The Morgan fingerprint density at radius 1 is 0.633 bits per heavy atom. The number of aromatic nitrogens is 6. The molecule has 0 aliphatic rings. The number of nitriles is 2. The maximum atomic E-state index is 9.31. The van der Waals surface area contributed by atoms with Gasteiger partial charge in [0.1, 0.15) is 0 Å². The SMILES string of the molecule is [C-]#[N+]c1nc(C#N)nc2c3nc(C#N)nc([N+]#[C-])c3c3nc4ccccc4nc3c12. The average molecular weight is 384 g/mol. The molecule has 30 heavy (non-hydrogen) atoms. The molecule has 0 spiro atoms. The molecule has 0 amide bonds. The van der Waals surface area contributed by atoms with Crippen LogP contribution >= 0.6 is 0 Å². The molecule has 0 saturated carbocycles. The molecule has 0 fully saturated rings. The number of benzene rings is 2. The van der Waals surface area contributed by atoms with Crippen LogP contribution in [0, 0.1) is 35.8 Å². The molecule has 0 bridgehead atoms. The van der Waals surface area contributed by atoms with Crippen LogP contribution in [0.25, 0.3) is 53.6 Å². The highest BCUT2D eigenvalue weighted by atomic mass is 15.0. The van der Waals surface area contributed by atoms with Crippen LogP contribution in [-0.4, -0.2) is 29.9 Å². The zero-order valence-electron chi connectivity index (χ0n) is 14.8. The van der Waals surface area contributed by atoms with Gasteiger partial charge in [-0.15, -0.1) is 0 Å². The molecule has 10 nitrogen and oxygen atoms in total. The summed E-state index contributed by atoms with van der Waals surface area (Å²) in [5.74, 6) is -0.641. The summed E-state index contributed by atoms with van der Waals surface area (Å²) in [4.78, 5) is 32.6. The van der Waals surface area contributed by atoms with E-state index in [1.54, 1.807) is 24.3 Å². The van der Waals surface area contributed by atoms with Gasteiger partial charge < -0.3 is 9.69 Å². The van der Waals surface area contributed by atoms with Crippen molar-refractivity contribution in [1.82, 2.24) is 29.9 Å². The van der Waals surface area contributed by atoms with Crippen molar-refractivity contribution < 1.29 is 0 Å². The Kier molecular flexibility index (Phi) is 3.42. The second kappa shape index (κ2) is 6.10. The quantitative estimate of drug-likeness (QED) is 0.225. The summed E-state index contributed by atoms with van der Waals surface area (Å²) in [6.45, 7) is 15.1. The van der Waals surface area contributed by atoms with Gasteiger partial charge in [0.15, 0.2) is 12.1 Å². The number of hydrogen-bond donors (Lipinski definition) is 0. The minimum Gasteiger partial charge on any atom is -0.360 e. The summed E-state index contributed by atoms with van der Waals surface area (Å²) in [5, 5.41) is 19.1. The molecule has 3 heterocycles. The highest BCUT2D eigenvalue weighted by Gasteiger charge is 2.23. The maximum absolute atomic E-state index is 9.31. The second-order valence-corrected chi connectivity index (χ2v) is 6.05. The zero-order chi connectivity index (χ0) is 20.8. The smallest absolute Gasteiger partial charge is 0.326 e. The number of nitrogens with zero attached hydrogens (tertiary/aromatic N) is 10. The molecule has 0 saturated heterocycles. The van der Waals surface area contributed by atoms with Crippen molar-refractivity contribution in [3.8, 4) is 12.1 Å². The van der Waals surface area contributed by atoms with Crippen molar-refractivity contribution in [2.75, 3.05) is 0 Å². The van der Waals surface area contributed by atoms with E-state index in [1.165, 1.54) is 0 Å². The number of rotatable bonds is 0. The minimum absolute atomic E-state index is 0.0884. The summed E-state index contributed by atoms with van der Waals surface area (Å²) < 4.78 is 0. The summed E-state index contributed by atoms with van der Waals surface area (Å²) in [5.41, 5.74) is 2.02. The molecule has 0 radical (unpaired) electrons. The Bertz CT molecular complexity index is 1610. The van der Waals surface area contributed by atoms with E-state index in [2.05, 4.69) is 39.6 Å². The van der Waals surface area contributed by atoms with Crippen molar-refractivity contribution in [3.63, 3.8) is 0 Å². The molecule has 3 aromatic heterocycles. The summed E-state index contributed by atoms with van der Waals surface area (Å²) in [6.07, 6.45) is 0. The molecular weight excluding hydrogens is 380 g/mol. The standard InChI is InChI=1S/C20H4N10/c1-23-19-13-15-16(26-10-6-4-3-5-9(10)25-15)14-18(17(13)27-11(7-21)29-19)28-12(8-22)30-20(14)24-2/h3-6H. The van der Waals surface area contributed by atoms with Gasteiger partial charge in [-0.25, -0.2) is 9.97 Å². The van der Waals surface area contributed by atoms with Gasteiger partial charge in [0, 0.05) is 0 Å². The largest absolute Gasteiger partial charge is 0.360 e. The molecule has 2 aromatic carbocycles. The summed E-state index contributed by atoms with van der Waals surface area (Å²) >= 11 is 0. The fourth-order valence-corrected chi connectivity index (χ4v) is 3.29. The van der Waals surface area contributed by atoms with Gasteiger partial charge in [0.2, 0.25) is 0 Å². The Morgan fingerprint density at radius 3 is 1.40 bits per heavy atom. The van der Waals surface area contributed by atoms with Gasteiger partial charge in [0.05, 0.1) is 43.9 Å². The lowest BCUT2D eigenvalue weighted by atomic mass is 10.1. The maximum Gasteiger partial charge on any atom is 0.326 e. The highest BCUT2D eigenvalue weighted by Crippen LogP contribution is 2.39. The zero-order valence-corrected chi connectivity index (χ0v) is 14.8. The predicted octanol–water partition coefficient (Wildman–Crippen LogP) is 3.51. The van der Waals surface area contributed by atoms with Crippen LogP contribution in [0.3, 0.4) is 0 Å². The molecular formula is C20H4N10. The van der Waals surface area contributed by atoms with Gasteiger partial charge in [-0.05, 0) is 12.1 Å². The van der Waals surface area contributed by atoms with E-state index in [-0.39, 0.29) is 45.1 Å². The molecule has 5 aromatic rings. The van der Waals surface area contributed by atoms with Gasteiger partial charge in [-0.1, -0.05) is 35.2 Å². The Hall–Kier alpha value is -5.32. The minimum atomic E-state index is -0.232. The van der Waals surface area contributed by atoms with E-state index in [1.807, 2.05) is 12.1 Å². The molecule has 5 rings (SSSR count). The van der Waals surface area contributed by atoms with Crippen molar-refractivity contribution in [1.29, 1.82) is 10.5 Å². The van der Waals surface area contributed by atoms with Crippen LogP contribution in [0.15, 0.2) is 24.3 Å². The first-order valence-electron chi connectivity index (χ1n) is 8.35. The molecule has 0 aliphatic heterocycles. The monoisotopic (exact) mass is 384 g/mol. The third-order valence-corrected chi connectivity index (χ3v) is 4.46. The van der Waals surface area contributed by atoms with Gasteiger partial charge in [-0.2, -0.15) is 20.5 Å². The molecule has 0 atom stereocenters. The molecule has 0 aliphatic carbocycles. The number of para-hydroxylation sites is 2. The van der Waals surface area contributed by atoms with Crippen LogP contribution in [0.1, 0.15) is 11.6 Å². The molecule has 0 unspecified atom stereocenters. The average Bonchev–Trinajstić information content (AvgIpc) is 2.81. The van der Waals surface area contributed by atoms with E-state index >= 15 is 0 Å². The van der Waals surface area contributed by atoms with Crippen LogP contribution < -0.4 is 0 Å². The van der Waals surface area contributed by atoms with Crippen molar-refractivity contribution in [3.05, 3.63) is 58.7 Å². The summed E-state index contributed by atoms with van der Waals surface area (Å²) in [7, 11) is 0. The van der Waals surface area contributed by atoms with Crippen LogP contribution in [0.2, 0.25) is 0 Å². The third kappa shape index (κ3) is 2.20. The van der Waals surface area contributed by atoms with Crippen molar-refractivity contribution in [2.24, 2.45) is 0 Å². The number of fused-ring (bicyclic) bond motifs is 7. The van der Waals surface area contributed by atoms with Gasteiger partial charge >= 0.3 is 11.6 Å². The van der Waals surface area contributed by atoms with Crippen molar-refractivity contribution >= 4 is 55.5 Å². The van der Waals surface area contributed by atoms with E-state index in [0.29, 0.717) is 22.1 Å². The fraction of sp³-hybridized carbons (Fsp3) is 0. The third-order valence-electron chi connectivity index (χ3n) is 4.46. The molecule has 134 valence electrons. The van der Waals surface area contributed by atoms with Crippen LogP contribution in [0.5, 0.6) is 0 Å². The Labute approximate surface area is 167 Å². The summed E-state index contributed by atoms with van der Waals surface area (Å²) in [6, 6.07) is 10.8. The van der Waals surface area contributed by atoms with E-state index in [9.17, 15) is 10.5 Å². The normalized spacial score (nSPS) is 10.5. The van der Waals surface area contributed by atoms with Gasteiger partial charge in [0.25, 0.3) is 11.6 Å². The second-order valence-electron chi connectivity index (χ2n) is 6.05. The lowest BCUT2D eigenvalue weighted by Gasteiger charge is -2.10. The molecule has 10 heteroatoms. The Balaban J connectivity index is 2.22. The Morgan fingerprint density at radius 2 is 1.03 bits per heavy atom. The van der Waals surface area contributed by atoms with Crippen molar-refractivity contribution in [2.45, 2.75) is 0 Å². The van der Waals surface area contributed by atoms with E-state index < -0.39 is 0 Å². The first kappa shape index (κ1) is 16.8. The lowest BCUT2D eigenvalue weighted by Crippen LogP contribution is -2.00. The van der Waals surface area contributed by atoms with E-state index in [4.69, 9.17) is 13.1 Å². The van der Waals surface area contributed by atoms with Gasteiger partial charge in [-0.3, -0.25) is 0 Å². The lowest BCUT2D eigenvalue weighted by molar-refractivity contribution is 1.15. The topological polar surface area (TPSA) is 134 Å². The first-order valence-corrected chi connectivity index (χ1v) is 8.35. The molecule has 0 N–H and O–H groups in total.